The molecule has 1 unspecified atom stereocenters. The third kappa shape index (κ3) is 3.62. The molecule has 2 aromatic rings. The van der Waals surface area contributed by atoms with Crippen LogP contribution in [0.15, 0.2) is 59.5 Å². The first-order valence-corrected chi connectivity index (χ1v) is 7.91. The summed E-state index contributed by atoms with van der Waals surface area (Å²) < 4.78 is 0. The number of hydrogen-bond acceptors (Lipinski definition) is 2. The molecule has 0 aliphatic carbocycles. The molecule has 0 aliphatic rings. The first-order valence-electron chi connectivity index (χ1n) is 6.69. The maximum Gasteiger partial charge on any atom is 0.0112 e. The second-order valence-electron chi connectivity index (χ2n) is 4.60. The van der Waals surface area contributed by atoms with Gasteiger partial charge in [-0.15, -0.1) is 11.8 Å². The molecule has 0 radical (unpaired) electrons. The molecule has 100 valence electrons. The Kier molecular flexibility index (Phi) is 5.49. The summed E-state index contributed by atoms with van der Waals surface area (Å²) in [5.74, 6) is 0.470. The fraction of sp³-hybridized carbons (Fsp3) is 0.294. The van der Waals surface area contributed by atoms with E-state index in [1.807, 2.05) is 18.8 Å². The molecule has 0 aliphatic heterocycles. The van der Waals surface area contributed by atoms with Crippen LogP contribution in [0.3, 0.4) is 0 Å². The molecule has 0 heterocycles. The summed E-state index contributed by atoms with van der Waals surface area (Å²) in [6.45, 7) is 1.03. The van der Waals surface area contributed by atoms with Crippen molar-refractivity contribution in [3.8, 4) is 0 Å². The molecule has 1 N–H and O–H groups in total. The predicted octanol–water partition coefficient (Wildman–Crippen LogP) is 4.15. The summed E-state index contributed by atoms with van der Waals surface area (Å²) >= 11 is 1.83. The maximum absolute atomic E-state index is 3.27. The van der Waals surface area contributed by atoms with Gasteiger partial charge in [0.15, 0.2) is 0 Å². The van der Waals surface area contributed by atoms with Crippen molar-refractivity contribution in [2.75, 3.05) is 19.8 Å². The molecule has 0 bridgehead atoms. The third-order valence-corrected chi connectivity index (χ3v) is 4.21. The van der Waals surface area contributed by atoms with Gasteiger partial charge in [-0.25, -0.2) is 0 Å². The number of rotatable bonds is 6. The molecule has 0 amide bonds. The van der Waals surface area contributed by atoms with Crippen molar-refractivity contribution in [3.63, 3.8) is 0 Å². The molecule has 0 fully saturated rings. The molecular formula is C17H21NS. The molecule has 0 spiro atoms. The van der Waals surface area contributed by atoms with Crippen LogP contribution < -0.4 is 5.32 Å². The Hall–Kier alpha value is -1.25. The van der Waals surface area contributed by atoms with Gasteiger partial charge in [-0.3, -0.25) is 0 Å². The van der Waals surface area contributed by atoms with Gasteiger partial charge in [0.05, 0.1) is 0 Å². The lowest BCUT2D eigenvalue weighted by Gasteiger charge is -2.20. The summed E-state index contributed by atoms with van der Waals surface area (Å²) in [5.41, 5.74) is 2.84. The summed E-state index contributed by atoms with van der Waals surface area (Å²) in [6, 6.07) is 19.6. The monoisotopic (exact) mass is 271 g/mol. The van der Waals surface area contributed by atoms with Gasteiger partial charge in [-0.2, -0.15) is 0 Å². The van der Waals surface area contributed by atoms with Crippen LogP contribution >= 0.6 is 11.8 Å². The van der Waals surface area contributed by atoms with Crippen molar-refractivity contribution in [2.45, 2.75) is 17.2 Å². The van der Waals surface area contributed by atoms with E-state index in [1.165, 1.54) is 16.0 Å². The zero-order valence-corrected chi connectivity index (χ0v) is 12.4. The average molecular weight is 271 g/mol. The Bertz CT molecular complexity index is 496. The van der Waals surface area contributed by atoms with Crippen LogP contribution in [0, 0.1) is 0 Å². The van der Waals surface area contributed by atoms with Gasteiger partial charge in [0.2, 0.25) is 0 Å². The quantitative estimate of drug-likeness (QED) is 0.792. The van der Waals surface area contributed by atoms with Gasteiger partial charge >= 0.3 is 0 Å². The van der Waals surface area contributed by atoms with Gasteiger partial charge < -0.3 is 5.32 Å². The van der Waals surface area contributed by atoms with Gasteiger partial charge in [-0.05, 0) is 43.5 Å². The second kappa shape index (κ2) is 7.37. The Balaban J connectivity index is 2.37. The SMILES string of the molecule is CNCCC(c1ccccc1)c1ccccc1SC. The van der Waals surface area contributed by atoms with Crippen molar-refractivity contribution in [1.29, 1.82) is 0 Å². The van der Waals surface area contributed by atoms with Crippen LogP contribution in [-0.4, -0.2) is 19.8 Å². The van der Waals surface area contributed by atoms with Gasteiger partial charge in [0.1, 0.15) is 0 Å². The van der Waals surface area contributed by atoms with Crippen molar-refractivity contribution >= 4 is 11.8 Å². The van der Waals surface area contributed by atoms with Crippen LogP contribution in [0.5, 0.6) is 0 Å². The Labute approximate surface area is 120 Å². The number of nitrogens with one attached hydrogen (secondary N) is 1. The lowest BCUT2D eigenvalue weighted by Crippen LogP contribution is -2.13. The summed E-state index contributed by atoms with van der Waals surface area (Å²) in [5, 5.41) is 3.27. The predicted molar refractivity (Wildman–Crippen MR) is 85.1 cm³/mol. The maximum atomic E-state index is 3.27. The molecule has 1 atom stereocenters. The summed E-state index contributed by atoms with van der Waals surface area (Å²) in [6.07, 6.45) is 3.27. The van der Waals surface area contributed by atoms with Gasteiger partial charge in [0.25, 0.3) is 0 Å². The summed E-state index contributed by atoms with van der Waals surface area (Å²) in [7, 11) is 2.02. The molecule has 0 aromatic heterocycles. The zero-order chi connectivity index (χ0) is 13.5. The van der Waals surface area contributed by atoms with E-state index in [0.29, 0.717) is 5.92 Å². The standard InChI is InChI=1S/C17H21NS/c1-18-13-12-15(14-8-4-3-5-9-14)16-10-6-7-11-17(16)19-2/h3-11,15,18H,12-13H2,1-2H3. The van der Waals surface area contributed by atoms with E-state index in [-0.39, 0.29) is 0 Å². The number of thioether (sulfide) groups is 1. The van der Waals surface area contributed by atoms with Crippen LogP contribution in [0.1, 0.15) is 23.5 Å². The Morgan fingerprint density at radius 2 is 1.68 bits per heavy atom. The molecule has 19 heavy (non-hydrogen) atoms. The Morgan fingerprint density at radius 3 is 2.37 bits per heavy atom. The van der Waals surface area contributed by atoms with E-state index >= 15 is 0 Å². The lowest BCUT2D eigenvalue weighted by molar-refractivity contribution is 0.655. The van der Waals surface area contributed by atoms with E-state index in [2.05, 4.69) is 66.2 Å². The minimum Gasteiger partial charge on any atom is -0.320 e. The second-order valence-corrected chi connectivity index (χ2v) is 5.45. The molecule has 2 heteroatoms. The van der Waals surface area contributed by atoms with E-state index in [1.54, 1.807) is 0 Å². The van der Waals surface area contributed by atoms with Crippen LogP contribution in [-0.2, 0) is 0 Å². The molecular weight excluding hydrogens is 250 g/mol. The van der Waals surface area contributed by atoms with E-state index < -0.39 is 0 Å². The van der Waals surface area contributed by atoms with E-state index in [4.69, 9.17) is 0 Å². The van der Waals surface area contributed by atoms with E-state index in [0.717, 1.165) is 13.0 Å². The first kappa shape index (κ1) is 14.2. The van der Waals surface area contributed by atoms with Crippen molar-refractivity contribution < 1.29 is 0 Å². The smallest absolute Gasteiger partial charge is 0.0112 e. The van der Waals surface area contributed by atoms with Crippen molar-refractivity contribution in [2.24, 2.45) is 0 Å². The number of benzene rings is 2. The first-order chi connectivity index (χ1) is 9.36. The highest BCUT2D eigenvalue weighted by atomic mass is 32.2. The van der Waals surface area contributed by atoms with Crippen LogP contribution in [0.25, 0.3) is 0 Å². The Morgan fingerprint density at radius 1 is 1.00 bits per heavy atom. The van der Waals surface area contributed by atoms with Crippen molar-refractivity contribution in [1.82, 2.24) is 5.32 Å². The highest BCUT2D eigenvalue weighted by molar-refractivity contribution is 7.98. The topological polar surface area (TPSA) is 12.0 Å². The zero-order valence-electron chi connectivity index (χ0n) is 11.6. The molecule has 2 aromatic carbocycles. The van der Waals surface area contributed by atoms with Gasteiger partial charge in [-0.1, -0.05) is 48.5 Å². The number of hydrogen-bond donors (Lipinski definition) is 1. The fourth-order valence-electron chi connectivity index (χ4n) is 2.43. The third-order valence-electron chi connectivity index (χ3n) is 3.40. The highest BCUT2D eigenvalue weighted by Crippen LogP contribution is 2.33. The fourth-order valence-corrected chi connectivity index (χ4v) is 3.09. The largest absolute Gasteiger partial charge is 0.320 e. The normalized spacial score (nSPS) is 12.3. The minimum absolute atomic E-state index is 0.470. The molecule has 2 rings (SSSR count). The molecule has 0 saturated carbocycles. The lowest BCUT2D eigenvalue weighted by atomic mass is 9.88. The average Bonchev–Trinajstić information content (AvgIpc) is 2.49. The van der Waals surface area contributed by atoms with Crippen molar-refractivity contribution in [3.05, 3.63) is 65.7 Å². The highest BCUT2D eigenvalue weighted by Gasteiger charge is 2.16. The van der Waals surface area contributed by atoms with Crippen LogP contribution in [0.4, 0.5) is 0 Å². The minimum atomic E-state index is 0.470. The van der Waals surface area contributed by atoms with E-state index in [9.17, 15) is 0 Å². The summed E-state index contributed by atoms with van der Waals surface area (Å²) in [4.78, 5) is 1.38. The van der Waals surface area contributed by atoms with Crippen LogP contribution in [0.2, 0.25) is 0 Å². The van der Waals surface area contributed by atoms with Gasteiger partial charge in [0, 0.05) is 10.8 Å². The molecule has 0 saturated heterocycles. The molecule has 1 nitrogen and oxygen atoms in total.